The van der Waals surface area contributed by atoms with Gasteiger partial charge in [0.15, 0.2) is 17.0 Å². The molecule has 0 unspecified atom stereocenters. The standard InChI is InChI=1S/C20H29N7O/c1-11(2)27-10-23-17-18(22-9-16-8-21-13(4)7-12(16)3)25-20(26-19(17)27)24-14(5)15(6)28/h7-8,10-11,14-15,28H,9H2,1-6H3,(H2,22,24,25,26)/t14-,15+/m0/s1. The molecule has 2 atom stereocenters. The molecule has 0 aliphatic rings. The van der Waals surface area contributed by atoms with Gasteiger partial charge in [0.1, 0.15) is 0 Å². The number of hydrogen-bond donors (Lipinski definition) is 3. The van der Waals surface area contributed by atoms with Crippen LogP contribution in [-0.2, 0) is 6.54 Å². The van der Waals surface area contributed by atoms with E-state index in [1.165, 1.54) is 5.56 Å². The number of aliphatic hydroxyl groups is 1. The Kier molecular flexibility index (Phi) is 5.79. The zero-order valence-electron chi connectivity index (χ0n) is 17.4. The van der Waals surface area contributed by atoms with Crippen molar-refractivity contribution in [1.29, 1.82) is 0 Å². The highest BCUT2D eigenvalue weighted by molar-refractivity contribution is 5.84. The molecule has 0 fully saturated rings. The molecule has 0 spiro atoms. The second-order valence-electron chi connectivity index (χ2n) is 7.59. The Morgan fingerprint density at radius 3 is 2.50 bits per heavy atom. The maximum Gasteiger partial charge on any atom is 0.227 e. The van der Waals surface area contributed by atoms with E-state index in [0.717, 1.165) is 22.4 Å². The Labute approximate surface area is 165 Å². The summed E-state index contributed by atoms with van der Waals surface area (Å²) >= 11 is 0. The van der Waals surface area contributed by atoms with Crippen LogP contribution in [0.15, 0.2) is 18.6 Å². The molecule has 3 heterocycles. The van der Waals surface area contributed by atoms with Crippen LogP contribution in [-0.4, -0.2) is 41.8 Å². The molecule has 0 saturated heterocycles. The monoisotopic (exact) mass is 383 g/mol. The lowest BCUT2D eigenvalue weighted by atomic mass is 10.1. The lowest BCUT2D eigenvalue weighted by Crippen LogP contribution is -2.29. The number of aromatic nitrogens is 5. The van der Waals surface area contributed by atoms with Gasteiger partial charge in [-0.1, -0.05) is 0 Å². The first kappa shape index (κ1) is 20.0. The SMILES string of the molecule is Cc1cc(C)c(CNc2nc(N[C@@H](C)[C@@H](C)O)nc3c2ncn3C(C)C)cn1. The Morgan fingerprint density at radius 2 is 1.86 bits per heavy atom. The first-order valence-electron chi connectivity index (χ1n) is 9.61. The summed E-state index contributed by atoms with van der Waals surface area (Å²) in [5, 5.41) is 16.4. The van der Waals surface area contributed by atoms with Gasteiger partial charge in [0.2, 0.25) is 5.95 Å². The number of nitrogens with zero attached hydrogens (tertiary/aromatic N) is 5. The summed E-state index contributed by atoms with van der Waals surface area (Å²) in [5.41, 5.74) is 4.76. The average Bonchev–Trinajstić information content (AvgIpc) is 3.05. The molecule has 3 aromatic rings. The van der Waals surface area contributed by atoms with Crippen LogP contribution in [0, 0.1) is 13.8 Å². The molecule has 0 bridgehead atoms. The van der Waals surface area contributed by atoms with Gasteiger partial charge in [-0.15, -0.1) is 0 Å². The summed E-state index contributed by atoms with van der Waals surface area (Å²) < 4.78 is 2.01. The third-order valence-electron chi connectivity index (χ3n) is 4.86. The summed E-state index contributed by atoms with van der Waals surface area (Å²) in [4.78, 5) is 18.2. The molecule has 3 N–H and O–H groups in total. The topological polar surface area (TPSA) is 101 Å². The molecular weight excluding hydrogens is 354 g/mol. The lowest BCUT2D eigenvalue weighted by Gasteiger charge is -2.18. The summed E-state index contributed by atoms with van der Waals surface area (Å²) in [6.07, 6.45) is 3.15. The van der Waals surface area contributed by atoms with Gasteiger partial charge in [-0.25, -0.2) is 4.98 Å². The molecule has 8 nitrogen and oxygen atoms in total. The first-order chi connectivity index (χ1) is 13.3. The van der Waals surface area contributed by atoms with Crippen LogP contribution < -0.4 is 10.6 Å². The molecule has 8 heteroatoms. The number of aliphatic hydroxyl groups excluding tert-OH is 1. The fourth-order valence-corrected chi connectivity index (χ4v) is 2.90. The number of fused-ring (bicyclic) bond motifs is 1. The van der Waals surface area contributed by atoms with Crippen LogP contribution in [0.1, 0.15) is 50.6 Å². The minimum absolute atomic E-state index is 0.177. The quantitative estimate of drug-likeness (QED) is 0.576. The van der Waals surface area contributed by atoms with Crippen LogP contribution in [0.25, 0.3) is 11.2 Å². The highest BCUT2D eigenvalue weighted by atomic mass is 16.3. The Bertz CT molecular complexity index is 965. The zero-order valence-corrected chi connectivity index (χ0v) is 17.4. The minimum atomic E-state index is -0.521. The van der Waals surface area contributed by atoms with Gasteiger partial charge in [0, 0.05) is 24.5 Å². The summed E-state index contributed by atoms with van der Waals surface area (Å²) in [7, 11) is 0. The van der Waals surface area contributed by atoms with Crippen LogP contribution in [0.2, 0.25) is 0 Å². The van der Waals surface area contributed by atoms with E-state index in [4.69, 9.17) is 0 Å². The van der Waals surface area contributed by atoms with E-state index >= 15 is 0 Å². The first-order valence-corrected chi connectivity index (χ1v) is 9.61. The van der Waals surface area contributed by atoms with Gasteiger partial charge in [-0.05, 0) is 58.7 Å². The summed E-state index contributed by atoms with van der Waals surface area (Å²) in [6.45, 7) is 12.5. The van der Waals surface area contributed by atoms with Crippen molar-refractivity contribution in [2.24, 2.45) is 0 Å². The van der Waals surface area contributed by atoms with Crippen LogP contribution >= 0.6 is 0 Å². The molecule has 0 radical (unpaired) electrons. The summed E-state index contributed by atoms with van der Waals surface area (Å²) in [6, 6.07) is 2.11. The van der Waals surface area contributed by atoms with Gasteiger partial charge < -0.3 is 20.3 Å². The second-order valence-corrected chi connectivity index (χ2v) is 7.59. The van der Waals surface area contributed by atoms with Gasteiger partial charge in [0.25, 0.3) is 0 Å². The van der Waals surface area contributed by atoms with E-state index in [-0.39, 0.29) is 12.1 Å². The third kappa shape index (κ3) is 4.22. The lowest BCUT2D eigenvalue weighted by molar-refractivity contribution is 0.177. The van der Waals surface area contributed by atoms with Crippen molar-refractivity contribution in [2.75, 3.05) is 10.6 Å². The fourth-order valence-electron chi connectivity index (χ4n) is 2.90. The predicted octanol–water partition coefficient (Wildman–Crippen LogP) is 3.21. The van der Waals surface area contributed by atoms with E-state index in [2.05, 4.69) is 57.4 Å². The van der Waals surface area contributed by atoms with Crippen molar-refractivity contribution >= 4 is 22.9 Å². The summed E-state index contributed by atoms with van der Waals surface area (Å²) in [5.74, 6) is 1.12. The van der Waals surface area contributed by atoms with Crippen molar-refractivity contribution in [3.63, 3.8) is 0 Å². The zero-order chi connectivity index (χ0) is 20.4. The number of nitrogens with one attached hydrogen (secondary N) is 2. The number of rotatable bonds is 7. The number of pyridine rings is 1. The van der Waals surface area contributed by atoms with Crippen molar-refractivity contribution in [3.8, 4) is 0 Å². The van der Waals surface area contributed by atoms with E-state index in [9.17, 15) is 5.11 Å². The van der Waals surface area contributed by atoms with Crippen LogP contribution in [0.4, 0.5) is 11.8 Å². The number of anilines is 2. The number of hydrogen-bond acceptors (Lipinski definition) is 7. The normalized spacial score (nSPS) is 13.7. The minimum Gasteiger partial charge on any atom is -0.391 e. The van der Waals surface area contributed by atoms with Crippen molar-refractivity contribution in [2.45, 2.75) is 66.3 Å². The molecule has 0 amide bonds. The van der Waals surface area contributed by atoms with Crippen molar-refractivity contribution in [1.82, 2.24) is 24.5 Å². The Morgan fingerprint density at radius 1 is 1.11 bits per heavy atom. The molecule has 28 heavy (non-hydrogen) atoms. The Hall–Kier alpha value is -2.74. The number of imidazole rings is 1. The fraction of sp³-hybridized carbons (Fsp3) is 0.500. The van der Waals surface area contributed by atoms with Gasteiger partial charge in [-0.2, -0.15) is 9.97 Å². The average molecular weight is 384 g/mol. The van der Waals surface area contributed by atoms with Crippen molar-refractivity contribution < 1.29 is 5.11 Å². The highest BCUT2D eigenvalue weighted by Gasteiger charge is 2.17. The maximum atomic E-state index is 9.81. The van der Waals surface area contributed by atoms with Crippen molar-refractivity contribution in [3.05, 3.63) is 35.4 Å². The molecule has 3 aromatic heterocycles. The molecular formula is C20H29N7O. The molecule has 0 aliphatic heterocycles. The van der Waals surface area contributed by atoms with E-state index in [0.29, 0.717) is 18.3 Å². The highest BCUT2D eigenvalue weighted by Crippen LogP contribution is 2.24. The molecule has 0 aromatic carbocycles. The van der Waals surface area contributed by atoms with Gasteiger partial charge in [-0.3, -0.25) is 4.98 Å². The van der Waals surface area contributed by atoms with E-state index < -0.39 is 6.10 Å². The van der Waals surface area contributed by atoms with Crippen LogP contribution in [0.5, 0.6) is 0 Å². The predicted molar refractivity (Wildman–Crippen MR) is 112 cm³/mol. The molecule has 0 saturated carbocycles. The third-order valence-corrected chi connectivity index (χ3v) is 4.86. The molecule has 3 rings (SSSR count). The second kappa shape index (κ2) is 8.10. The van der Waals surface area contributed by atoms with Gasteiger partial charge in [0.05, 0.1) is 18.5 Å². The van der Waals surface area contributed by atoms with Crippen LogP contribution in [0.3, 0.4) is 0 Å². The number of aryl methyl sites for hydroxylation is 2. The van der Waals surface area contributed by atoms with E-state index in [1.807, 2.05) is 24.6 Å². The smallest absolute Gasteiger partial charge is 0.227 e. The molecule has 0 aliphatic carbocycles. The largest absolute Gasteiger partial charge is 0.391 e. The maximum absolute atomic E-state index is 9.81. The van der Waals surface area contributed by atoms with Gasteiger partial charge >= 0.3 is 0 Å². The Balaban J connectivity index is 1.96. The van der Waals surface area contributed by atoms with E-state index in [1.54, 1.807) is 13.3 Å². The molecule has 150 valence electrons.